The zero-order chi connectivity index (χ0) is 14.4. The van der Waals surface area contributed by atoms with Gasteiger partial charge in [-0.1, -0.05) is 12.1 Å². The third-order valence-electron chi connectivity index (χ3n) is 2.88. The summed E-state index contributed by atoms with van der Waals surface area (Å²) in [5, 5.41) is 3.40. The predicted octanol–water partition coefficient (Wildman–Crippen LogP) is 3.63. The van der Waals surface area contributed by atoms with Gasteiger partial charge in [0.1, 0.15) is 0 Å². The molecule has 20 heavy (non-hydrogen) atoms. The molecule has 0 amide bonds. The van der Waals surface area contributed by atoms with Gasteiger partial charge in [-0.2, -0.15) is 0 Å². The summed E-state index contributed by atoms with van der Waals surface area (Å²) in [6.07, 6.45) is 1.02. The Labute approximate surface area is 131 Å². The summed E-state index contributed by atoms with van der Waals surface area (Å²) in [4.78, 5) is 12.7. The van der Waals surface area contributed by atoms with Gasteiger partial charge in [0.05, 0.1) is 16.5 Å². The fraction of sp³-hybridized carbons (Fsp3) is 0.267. The standard InChI is InChI=1S/C15H16BrNO2S/c1-19-15(18)12-4-2-11(3-5-12)10-17-9-8-13-6-7-14(16)20-13/h2-7,17H,8-10H2,1H3. The molecule has 2 aromatic rings. The van der Waals surface area contributed by atoms with Crippen LogP contribution in [0.25, 0.3) is 0 Å². The minimum atomic E-state index is -0.298. The minimum absolute atomic E-state index is 0.298. The van der Waals surface area contributed by atoms with E-state index in [1.807, 2.05) is 12.1 Å². The molecule has 5 heteroatoms. The molecule has 1 heterocycles. The number of benzene rings is 1. The highest BCUT2D eigenvalue weighted by Gasteiger charge is 2.04. The van der Waals surface area contributed by atoms with Crippen LogP contribution in [0.3, 0.4) is 0 Å². The number of nitrogens with one attached hydrogen (secondary N) is 1. The molecule has 0 unspecified atom stereocenters. The first kappa shape index (κ1) is 15.2. The number of halogens is 1. The third kappa shape index (κ3) is 4.44. The number of methoxy groups -OCH3 is 1. The Kier molecular flexibility index (Phi) is 5.76. The summed E-state index contributed by atoms with van der Waals surface area (Å²) < 4.78 is 5.84. The molecule has 3 nitrogen and oxygen atoms in total. The third-order valence-corrected chi connectivity index (χ3v) is 4.56. The van der Waals surface area contributed by atoms with Crippen molar-refractivity contribution in [2.24, 2.45) is 0 Å². The van der Waals surface area contributed by atoms with Crippen molar-refractivity contribution in [3.63, 3.8) is 0 Å². The number of carbonyl (C=O) groups is 1. The zero-order valence-electron chi connectivity index (χ0n) is 11.2. The van der Waals surface area contributed by atoms with E-state index < -0.39 is 0 Å². The van der Waals surface area contributed by atoms with Crippen molar-refractivity contribution in [3.8, 4) is 0 Å². The minimum Gasteiger partial charge on any atom is -0.465 e. The molecule has 2 rings (SSSR count). The number of hydrogen-bond donors (Lipinski definition) is 1. The van der Waals surface area contributed by atoms with E-state index in [1.165, 1.54) is 15.8 Å². The van der Waals surface area contributed by atoms with Crippen molar-refractivity contribution in [3.05, 3.63) is 56.2 Å². The van der Waals surface area contributed by atoms with Crippen molar-refractivity contribution in [1.82, 2.24) is 5.32 Å². The molecule has 1 aromatic carbocycles. The van der Waals surface area contributed by atoms with Crippen molar-refractivity contribution in [1.29, 1.82) is 0 Å². The molecular formula is C15H16BrNO2S. The maximum absolute atomic E-state index is 11.3. The van der Waals surface area contributed by atoms with E-state index in [0.29, 0.717) is 5.56 Å². The van der Waals surface area contributed by atoms with Gasteiger partial charge in [-0.15, -0.1) is 11.3 Å². The van der Waals surface area contributed by atoms with Crippen molar-refractivity contribution < 1.29 is 9.53 Å². The second kappa shape index (κ2) is 7.57. The van der Waals surface area contributed by atoms with E-state index in [0.717, 1.165) is 25.1 Å². The summed E-state index contributed by atoms with van der Waals surface area (Å²) in [5.41, 5.74) is 1.74. The Morgan fingerprint density at radius 1 is 1.25 bits per heavy atom. The zero-order valence-corrected chi connectivity index (χ0v) is 13.6. The molecule has 0 aliphatic carbocycles. The maximum atomic E-state index is 11.3. The predicted molar refractivity (Wildman–Crippen MR) is 85.2 cm³/mol. The molecule has 0 atom stereocenters. The van der Waals surface area contributed by atoms with Gasteiger partial charge >= 0.3 is 5.97 Å². The topological polar surface area (TPSA) is 38.3 Å². The van der Waals surface area contributed by atoms with Crippen LogP contribution >= 0.6 is 27.3 Å². The lowest BCUT2D eigenvalue weighted by Crippen LogP contribution is -2.16. The second-order valence-electron chi connectivity index (χ2n) is 4.32. The van der Waals surface area contributed by atoms with E-state index in [1.54, 1.807) is 23.5 Å². The van der Waals surface area contributed by atoms with E-state index in [-0.39, 0.29) is 5.97 Å². The lowest BCUT2D eigenvalue weighted by molar-refractivity contribution is 0.0600. The molecule has 0 bridgehead atoms. The fourth-order valence-corrected chi connectivity index (χ4v) is 3.29. The lowest BCUT2D eigenvalue weighted by Gasteiger charge is -2.05. The van der Waals surface area contributed by atoms with Gasteiger partial charge < -0.3 is 10.1 Å². The molecule has 0 radical (unpaired) electrons. The number of hydrogen-bond acceptors (Lipinski definition) is 4. The molecule has 0 fully saturated rings. The maximum Gasteiger partial charge on any atom is 0.337 e. The van der Waals surface area contributed by atoms with E-state index >= 15 is 0 Å². The summed E-state index contributed by atoms with van der Waals surface area (Å²) in [6.45, 7) is 1.74. The largest absolute Gasteiger partial charge is 0.465 e. The van der Waals surface area contributed by atoms with Crippen LogP contribution in [0.15, 0.2) is 40.2 Å². The normalized spacial score (nSPS) is 10.5. The Morgan fingerprint density at radius 2 is 2.00 bits per heavy atom. The van der Waals surface area contributed by atoms with Crippen LogP contribution in [0.1, 0.15) is 20.8 Å². The summed E-state index contributed by atoms with van der Waals surface area (Å²) >= 11 is 5.23. The van der Waals surface area contributed by atoms with Gasteiger partial charge in [0, 0.05) is 18.0 Å². The molecule has 0 spiro atoms. The van der Waals surface area contributed by atoms with Crippen molar-refractivity contribution in [2.75, 3.05) is 13.7 Å². The van der Waals surface area contributed by atoms with Crippen molar-refractivity contribution >= 4 is 33.2 Å². The number of esters is 1. The molecule has 0 saturated heterocycles. The Bertz CT molecular complexity index is 566. The highest BCUT2D eigenvalue weighted by Crippen LogP contribution is 2.22. The van der Waals surface area contributed by atoms with Crippen molar-refractivity contribution in [2.45, 2.75) is 13.0 Å². The van der Waals surface area contributed by atoms with Gasteiger partial charge in [0.25, 0.3) is 0 Å². The van der Waals surface area contributed by atoms with Crippen LogP contribution in [-0.4, -0.2) is 19.6 Å². The highest BCUT2D eigenvalue weighted by atomic mass is 79.9. The Morgan fingerprint density at radius 3 is 2.60 bits per heavy atom. The Hall–Kier alpha value is -1.17. The first-order valence-corrected chi connectivity index (χ1v) is 7.92. The molecule has 0 aliphatic rings. The SMILES string of the molecule is COC(=O)c1ccc(CNCCc2ccc(Br)s2)cc1. The number of ether oxygens (including phenoxy) is 1. The number of thiophene rings is 1. The molecular weight excluding hydrogens is 338 g/mol. The average molecular weight is 354 g/mol. The van der Waals surface area contributed by atoms with Crippen LogP contribution in [0.2, 0.25) is 0 Å². The second-order valence-corrected chi connectivity index (χ2v) is 6.87. The monoisotopic (exact) mass is 353 g/mol. The molecule has 106 valence electrons. The smallest absolute Gasteiger partial charge is 0.337 e. The first-order chi connectivity index (χ1) is 9.69. The van der Waals surface area contributed by atoms with Gasteiger partial charge in [-0.25, -0.2) is 4.79 Å². The van der Waals surface area contributed by atoms with Gasteiger partial charge in [0.15, 0.2) is 0 Å². The van der Waals surface area contributed by atoms with Crippen LogP contribution < -0.4 is 5.32 Å². The van der Waals surface area contributed by atoms with E-state index in [9.17, 15) is 4.79 Å². The van der Waals surface area contributed by atoms with Crippen LogP contribution in [0, 0.1) is 0 Å². The van der Waals surface area contributed by atoms with E-state index in [2.05, 4.69) is 38.1 Å². The van der Waals surface area contributed by atoms with Crippen LogP contribution in [0.5, 0.6) is 0 Å². The Balaban J connectivity index is 1.75. The number of rotatable bonds is 6. The molecule has 0 aliphatic heterocycles. The summed E-state index contributed by atoms with van der Waals surface area (Å²) in [6, 6.07) is 11.7. The fourth-order valence-electron chi connectivity index (χ4n) is 1.81. The van der Waals surface area contributed by atoms with E-state index in [4.69, 9.17) is 0 Å². The quantitative estimate of drug-likeness (QED) is 0.636. The summed E-state index contributed by atoms with van der Waals surface area (Å²) in [5.74, 6) is -0.298. The van der Waals surface area contributed by atoms with Crippen LogP contribution in [0.4, 0.5) is 0 Å². The average Bonchev–Trinajstić information content (AvgIpc) is 2.89. The first-order valence-electron chi connectivity index (χ1n) is 6.31. The molecule has 1 N–H and O–H groups in total. The van der Waals surface area contributed by atoms with Gasteiger partial charge in [-0.05, 0) is 52.2 Å². The van der Waals surface area contributed by atoms with Gasteiger partial charge in [-0.3, -0.25) is 0 Å². The lowest BCUT2D eigenvalue weighted by atomic mass is 10.1. The van der Waals surface area contributed by atoms with Crippen LogP contribution in [-0.2, 0) is 17.7 Å². The molecule has 0 saturated carbocycles. The van der Waals surface area contributed by atoms with Gasteiger partial charge in [0.2, 0.25) is 0 Å². The summed E-state index contributed by atoms with van der Waals surface area (Å²) in [7, 11) is 1.39. The molecule has 1 aromatic heterocycles. The number of carbonyl (C=O) groups excluding carboxylic acids is 1. The highest BCUT2D eigenvalue weighted by molar-refractivity contribution is 9.11.